The number of methoxy groups -OCH3 is 1. The average Bonchev–Trinajstić information content (AvgIpc) is 3.42. The molecule has 34 heavy (non-hydrogen) atoms. The minimum atomic E-state index is -0.460. The monoisotopic (exact) mass is 463 g/mol. The van der Waals surface area contributed by atoms with Crippen molar-refractivity contribution >= 4 is 17.5 Å². The van der Waals surface area contributed by atoms with Crippen LogP contribution in [0.3, 0.4) is 0 Å². The Balaban J connectivity index is 1.47. The minimum absolute atomic E-state index is 0.0673. The lowest BCUT2D eigenvalue weighted by molar-refractivity contribution is 0.0996. The number of nitrogens with one attached hydrogen (secondary N) is 2. The van der Waals surface area contributed by atoms with Crippen LogP contribution < -0.4 is 20.3 Å². The summed E-state index contributed by atoms with van der Waals surface area (Å²) in [4.78, 5) is 24.0. The Morgan fingerprint density at radius 2 is 2.18 bits per heavy atom. The van der Waals surface area contributed by atoms with Crippen LogP contribution >= 0.6 is 0 Å². The van der Waals surface area contributed by atoms with E-state index in [9.17, 15) is 14.3 Å². The summed E-state index contributed by atoms with van der Waals surface area (Å²) in [7, 11) is 1.48. The van der Waals surface area contributed by atoms with Gasteiger partial charge in [0.2, 0.25) is 0 Å². The first-order valence-corrected chi connectivity index (χ1v) is 11.2. The fourth-order valence-electron chi connectivity index (χ4n) is 4.67. The number of aliphatic hydroxyl groups is 1. The van der Waals surface area contributed by atoms with Crippen molar-refractivity contribution in [3.8, 4) is 17.0 Å². The molecule has 5 rings (SSSR count). The maximum absolute atomic E-state index is 14.8. The first-order chi connectivity index (χ1) is 16.5. The second kappa shape index (κ2) is 9.00. The van der Waals surface area contributed by atoms with Crippen molar-refractivity contribution in [1.29, 1.82) is 0 Å². The van der Waals surface area contributed by atoms with Crippen LogP contribution in [-0.4, -0.2) is 53.3 Å². The molecular formula is C25H26FN5O3. The third-order valence-electron chi connectivity index (χ3n) is 6.31. The molecule has 1 fully saturated rings. The summed E-state index contributed by atoms with van der Waals surface area (Å²) in [6.45, 7) is 2.99. The highest BCUT2D eigenvalue weighted by molar-refractivity contribution is 6.10. The smallest absolute Gasteiger partial charge is 0.260 e. The van der Waals surface area contributed by atoms with Crippen LogP contribution in [0.1, 0.15) is 27.9 Å². The van der Waals surface area contributed by atoms with Gasteiger partial charge in [0.05, 0.1) is 31.5 Å². The van der Waals surface area contributed by atoms with Gasteiger partial charge < -0.3 is 20.5 Å². The van der Waals surface area contributed by atoms with Crippen molar-refractivity contribution in [2.45, 2.75) is 32.0 Å². The summed E-state index contributed by atoms with van der Waals surface area (Å²) in [5.74, 6) is 0.870. The topological polar surface area (TPSA) is 99.6 Å². The number of carbonyl (C=O) groups is 1. The molecule has 1 saturated heterocycles. The quantitative estimate of drug-likeness (QED) is 0.517. The van der Waals surface area contributed by atoms with E-state index in [1.165, 1.54) is 19.4 Å². The number of rotatable bonds is 6. The van der Waals surface area contributed by atoms with Crippen molar-refractivity contribution in [1.82, 2.24) is 15.3 Å². The number of amides is 1. The van der Waals surface area contributed by atoms with E-state index in [4.69, 9.17) is 9.72 Å². The normalized spacial score (nSPS) is 19.4. The van der Waals surface area contributed by atoms with Gasteiger partial charge in [-0.05, 0) is 49.2 Å². The highest BCUT2D eigenvalue weighted by Gasteiger charge is 2.34. The second-order valence-corrected chi connectivity index (χ2v) is 8.65. The molecule has 9 heteroatoms. The molecule has 0 unspecified atom stereocenters. The first-order valence-electron chi connectivity index (χ1n) is 11.2. The standard InChI is InChI=1S/C25H26FN5O3/c1-14-8-21(29-15-10-16(13-32)28-11-15)30-22(9-14)31-12-18-17(25(31)33)6-7-27-24(18)23-19(26)4-3-5-20(23)34-2/h3-9,15-16,28,32H,10-13H2,1-2H3,(H,29,30)/t15-,16+/m1/s1. The molecule has 0 aliphatic carbocycles. The first kappa shape index (κ1) is 22.2. The maximum Gasteiger partial charge on any atom is 0.260 e. The summed E-state index contributed by atoms with van der Waals surface area (Å²) in [5, 5.41) is 16.0. The number of aliphatic hydroxyl groups excluding tert-OH is 1. The fourth-order valence-corrected chi connectivity index (χ4v) is 4.67. The number of ether oxygens (including phenoxy) is 1. The van der Waals surface area contributed by atoms with E-state index in [1.807, 2.05) is 19.1 Å². The number of carbonyl (C=O) groups excluding carboxylic acids is 1. The lowest BCUT2D eigenvalue weighted by Crippen LogP contribution is -2.26. The predicted molar refractivity (Wildman–Crippen MR) is 127 cm³/mol. The Morgan fingerprint density at radius 3 is 2.94 bits per heavy atom. The van der Waals surface area contributed by atoms with Gasteiger partial charge in [0.1, 0.15) is 23.2 Å². The van der Waals surface area contributed by atoms with Gasteiger partial charge in [-0.15, -0.1) is 0 Å². The minimum Gasteiger partial charge on any atom is -0.496 e. The number of hydrogen-bond acceptors (Lipinski definition) is 7. The van der Waals surface area contributed by atoms with Crippen molar-refractivity contribution < 1.29 is 19.0 Å². The Morgan fingerprint density at radius 1 is 1.32 bits per heavy atom. The van der Waals surface area contributed by atoms with E-state index in [0.29, 0.717) is 34.2 Å². The Kier molecular flexibility index (Phi) is 5.89. The summed E-state index contributed by atoms with van der Waals surface area (Å²) < 4.78 is 20.2. The van der Waals surface area contributed by atoms with Gasteiger partial charge in [-0.1, -0.05) is 6.07 Å². The number of halogens is 1. The zero-order valence-corrected chi connectivity index (χ0v) is 19.0. The van der Waals surface area contributed by atoms with Gasteiger partial charge in [0.25, 0.3) is 5.91 Å². The molecule has 176 valence electrons. The number of aryl methyl sites for hydroxylation is 1. The lowest BCUT2D eigenvalue weighted by Gasteiger charge is -2.19. The van der Waals surface area contributed by atoms with E-state index in [1.54, 1.807) is 23.1 Å². The summed E-state index contributed by atoms with van der Waals surface area (Å²) in [6.07, 6.45) is 2.30. The molecule has 1 aromatic carbocycles. The summed E-state index contributed by atoms with van der Waals surface area (Å²) in [6, 6.07) is 10.2. The van der Waals surface area contributed by atoms with Gasteiger partial charge in [-0.2, -0.15) is 0 Å². The Bertz CT molecular complexity index is 1250. The Labute approximate surface area is 196 Å². The second-order valence-electron chi connectivity index (χ2n) is 8.65. The van der Waals surface area contributed by atoms with Gasteiger partial charge in [0, 0.05) is 36.0 Å². The zero-order valence-electron chi connectivity index (χ0n) is 19.0. The number of hydrogen-bond donors (Lipinski definition) is 3. The van der Waals surface area contributed by atoms with Crippen LogP contribution in [0, 0.1) is 12.7 Å². The molecule has 2 aliphatic heterocycles. The number of pyridine rings is 2. The molecule has 2 aliphatic rings. The fraction of sp³-hybridized carbons (Fsp3) is 0.320. The van der Waals surface area contributed by atoms with Gasteiger partial charge in [-0.25, -0.2) is 9.37 Å². The van der Waals surface area contributed by atoms with Crippen LogP contribution in [0.4, 0.5) is 16.0 Å². The molecule has 2 aromatic heterocycles. The highest BCUT2D eigenvalue weighted by Crippen LogP contribution is 2.38. The lowest BCUT2D eigenvalue weighted by atomic mass is 10.0. The van der Waals surface area contributed by atoms with Crippen molar-refractivity contribution in [2.75, 3.05) is 30.5 Å². The number of aromatic nitrogens is 2. The Hall–Kier alpha value is -3.56. The van der Waals surface area contributed by atoms with Crippen LogP contribution in [0.2, 0.25) is 0 Å². The van der Waals surface area contributed by atoms with E-state index < -0.39 is 5.82 Å². The van der Waals surface area contributed by atoms with Crippen molar-refractivity contribution in [3.05, 3.63) is 65.1 Å². The van der Waals surface area contributed by atoms with Crippen LogP contribution in [0.25, 0.3) is 11.3 Å². The number of nitrogens with zero attached hydrogens (tertiary/aromatic N) is 3. The van der Waals surface area contributed by atoms with Gasteiger partial charge in [-0.3, -0.25) is 14.7 Å². The number of benzene rings is 1. The predicted octanol–water partition coefficient (Wildman–Crippen LogP) is 2.89. The molecule has 3 aromatic rings. The van der Waals surface area contributed by atoms with Crippen molar-refractivity contribution in [3.63, 3.8) is 0 Å². The molecular weight excluding hydrogens is 437 g/mol. The van der Waals surface area contributed by atoms with Gasteiger partial charge in [0.15, 0.2) is 0 Å². The van der Waals surface area contributed by atoms with Crippen LogP contribution in [0.15, 0.2) is 42.6 Å². The third kappa shape index (κ3) is 3.97. The highest BCUT2D eigenvalue weighted by atomic mass is 19.1. The van der Waals surface area contributed by atoms with Crippen molar-refractivity contribution in [2.24, 2.45) is 0 Å². The zero-order chi connectivity index (χ0) is 23.8. The number of anilines is 2. The van der Waals surface area contributed by atoms with E-state index in [2.05, 4.69) is 15.6 Å². The molecule has 4 heterocycles. The van der Waals surface area contributed by atoms with Crippen LogP contribution in [-0.2, 0) is 6.54 Å². The SMILES string of the molecule is COc1cccc(F)c1-c1nccc2c1CN(c1cc(C)cc(N[C@H]3CN[C@H](CO)C3)n1)C2=O. The maximum atomic E-state index is 14.8. The summed E-state index contributed by atoms with van der Waals surface area (Å²) >= 11 is 0. The average molecular weight is 464 g/mol. The summed E-state index contributed by atoms with van der Waals surface area (Å²) in [5.41, 5.74) is 2.69. The molecule has 1 amide bonds. The number of fused-ring (bicyclic) bond motifs is 1. The van der Waals surface area contributed by atoms with E-state index in [0.717, 1.165) is 18.5 Å². The molecule has 3 N–H and O–H groups in total. The molecule has 0 saturated carbocycles. The molecule has 0 spiro atoms. The molecule has 0 bridgehead atoms. The van der Waals surface area contributed by atoms with E-state index >= 15 is 0 Å². The largest absolute Gasteiger partial charge is 0.496 e. The molecule has 8 nitrogen and oxygen atoms in total. The van der Waals surface area contributed by atoms with E-state index in [-0.39, 0.29) is 36.7 Å². The van der Waals surface area contributed by atoms with Gasteiger partial charge >= 0.3 is 0 Å². The third-order valence-corrected chi connectivity index (χ3v) is 6.31. The molecule has 2 atom stereocenters. The molecule has 0 radical (unpaired) electrons. The van der Waals surface area contributed by atoms with Crippen LogP contribution in [0.5, 0.6) is 5.75 Å².